The number of methoxy groups -OCH3 is 1. The highest BCUT2D eigenvalue weighted by Crippen LogP contribution is 2.18. The van der Waals surface area contributed by atoms with Crippen LogP contribution in [-0.2, 0) is 14.8 Å². The molecule has 0 spiro atoms. The van der Waals surface area contributed by atoms with E-state index in [0.29, 0.717) is 11.3 Å². The number of carbonyl (C=O) groups excluding carboxylic acids is 2. The number of hydrogen-bond acceptors (Lipinski definition) is 5. The van der Waals surface area contributed by atoms with Crippen LogP contribution in [0.4, 0.5) is 10.1 Å². The van der Waals surface area contributed by atoms with Crippen molar-refractivity contribution in [3.8, 4) is 5.75 Å². The number of sulfonamides is 1. The summed E-state index contributed by atoms with van der Waals surface area (Å²) in [6, 6.07) is 8.11. The van der Waals surface area contributed by atoms with Crippen molar-refractivity contribution in [3.05, 3.63) is 53.8 Å². The fraction of sp³-hybridized carbons (Fsp3) is 0.263. The fourth-order valence-corrected chi connectivity index (χ4v) is 3.09. The van der Waals surface area contributed by atoms with Crippen LogP contribution >= 0.6 is 0 Å². The van der Waals surface area contributed by atoms with E-state index in [2.05, 4.69) is 10.6 Å². The average Bonchev–Trinajstić information content (AvgIpc) is 2.64. The van der Waals surface area contributed by atoms with E-state index in [1.54, 1.807) is 38.1 Å². The third-order valence-electron chi connectivity index (χ3n) is 4.06. The van der Waals surface area contributed by atoms with Crippen molar-refractivity contribution in [2.45, 2.75) is 24.8 Å². The molecule has 0 aliphatic rings. The molecule has 2 aromatic rings. The molecular formula is C19H22FN3O5S. The summed E-state index contributed by atoms with van der Waals surface area (Å²) in [5, 5.41) is 10.1. The van der Waals surface area contributed by atoms with Crippen LogP contribution in [0.3, 0.4) is 0 Å². The minimum atomic E-state index is -4.15. The zero-order valence-electron chi connectivity index (χ0n) is 16.1. The highest BCUT2D eigenvalue weighted by molar-refractivity contribution is 7.89. The van der Waals surface area contributed by atoms with E-state index in [9.17, 15) is 22.4 Å². The van der Waals surface area contributed by atoms with E-state index < -0.39 is 38.6 Å². The first kappa shape index (κ1) is 22.3. The van der Waals surface area contributed by atoms with Crippen LogP contribution in [0.1, 0.15) is 24.2 Å². The largest absolute Gasteiger partial charge is 0.497 e. The lowest BCUT2D eigenvalue weighted by Gasteiger charge is -2.22. The number of hydrogen-bond donors (Lipinski definition) is 3. The van der Waals surface area contributed by atoms with Gasteiger partial charge in [-0.05, 0) is 48.4 Å². The number of rotatable bonds is 7. The molecule has 0 aliphatic heterocycles. The Morgan fingerprint density at radius 2 is 1.72 bits per heavy atom. The van der Waals surface area contributed by atoms with Crippen molar-refractivity contribution >= 4 is 27.5 Å². The minimum absolute atomic E-state index is 0.0941. The second-order valence-corrected chi connectivity index (χ2v) is 8.19. The molecule has 156 valence electrons. The van der Waals surface area contributed by atoms with Gasteiger partial charge in [0.2, 0.25) is 15.9 Å². The average molecular weight is 423 g/mol. The summed E-state index contributed by atoms with van der Waals surface area (Å²) in [7, 11) is -2.65. The topological polar surface area (TPSA) is 128 Å². The molecule has 0 bridgehead atoms. The number of amides is 2. The van der Waals surface area contributed by atoms with Gasteiger partial charge in [0.15, 0.2) is 0 Å². The summed E-state index contributed by atoms with van der Waals surface area (Å²) in [6.07, 6.45) is 0. The van der Waals surface area contributed by atoms with E-state index in [-0.39, 0.29) is 11.6 Å². The smallest absolute Gasteiger partial charge is 0.251 e. The number of primary sulfonamides is 1. The van der Waals surface area contributed by atoms with Crippen LogP contribution in [0.15, 0.2) is 47.4 Å². The Balaban J connectivity index is 2.19. The number of carbonyl (C=O) groups is 2. The number of halogens is 1. The standard InChI is InChI=1S/C19H22FN3O5S/c1-11(2)17(23-18(24)12-4-6-15(28-3)7-5-12)19(25)22-14-8-13(20)9-16(10-14)29(21,26)27/h4-11,17H,1-3H3,(H,22,25)(H,23,24)(H2,21,26,27). The summed E-state index contributed by atoms with van der Waals surface area (Å²) >= 11 is 0. The first-order valence-corrected chi connectivity index (χ1v) is 10.1. The Bertz CT molecular complexity index is 1010. The van der Waals surface area contributed by atoms with Crippen LogP contribution in [-0.4, -0.2) is 33.4 Å². The SMILES string of the molecule is COc1ccc(C(=O)NC(C(=O)Nc2cc(F)cc(S(N)(=O)=O)c2)C(C)C)cc1. The number of ether oxygens (including phenoxy) is 1. The van der Waals surface area contributed by atoms with Crippen molar-refractivity contribution in [1.29, 1.82) is 0 Å². The molecule has 2 aromatic carbocycles. The summed E-state index contributed by atoms with van der Waals surface area (Å²) in [5.74, 6) is -1.71. The molecule has 0 radical (unpaired) electrons. The van der Waals surface area contributed by atoms with Crippen LogP contribution in [0.2, 0.25) is 0 Å². The fourth-order valence-electron chi connectivity index (χ4n) is 2.52. The van der Waals surface area contributed by atoms with Crippen molar-refractivity contribution in [2.24, 2.45) is 11.1 Å². The molecule has 0 aromatic heterocycles. The van der Waals surface area contributed by atoms with Crippen LogP contribution in [0, 0.1) is 11.7 Å². The number of nitrogens with one attached hydrogen (secondary N) is 2. The maximum atomic E-state index is 13.7. The molecule has 8 nitrogen and oxygen atoms in total. The summed E-state index contributed by atoms with van der Waals surface area (Å²) in [5.41, 5.74) is 0.231. The molecule has 0 fully saturated rings. The molecule has 0 heterocycles. The Hall–Kier alpha value is -2.98. The van der Waals surface area contributed by atoms with E-state index in [1.165, 1.54) is 7.11 Å². The second-order valence-electron chi connectivity index (χ2n) is 6.63. The zero-order valence-corrected chi connectivity index (χ0v) is 16.9. The first-order chi connectivity index (χ1) is 13.5. The van der Waals surface area contributed by atoms with Crippen molar-refractivity contribution < 1.29 is 27.1 Å². The van der Waals surface area contributed by atoms with Gasteiger partial charge in [-0.15, -0.1) is 0 Å². The highest BCUT2D eigenvalue weighted by atomic mass is 32.2. The molecule has 4 N–H and O–H groups in total. The highest BCUT2D eigenvalue weighted by Gasteiger charge is 2.25. The molecule has 10 heteroatoms. The maximum Gasteiger partial charge on any atom is 0.251 e. The Morgan fingerprint density at radius 3 is 2.24 bits per heavy atom. The van der Waals surface area contributed by atoms with Crippen molar-refractivity contribution in [3.63, 3.8) is 0 Å². The maximum absolute atomic E-state index is 13.7. The van der Waals surface area contributed by atoms with E-state index in [1.807, 2.05) is 0 Å². The van der Waals surface area contributed by atoms with Crippen LogP contribution < -0.4 is 20.5 Å². The molecule has 2 amide bonds. The van der Waals surface area contributed by atoms with Gasteiger partial charge in [0.25, 0.3) is 5.91 Å². The van der Waals surface area contributed by atoms with Crippen molar-refractivity contribution in [2.75, 3.05) is 12.4 Å². The van der Waals surface area contributed by atoms with Gasteiger partial charge >= 0.3 is 0 Å². The zero-order chi connectivity index (χ0) is 21.8. The molecular weight excluding hydrogens is 401 g/mol. The minimum Gasteiger partial charge on any atom is -0.497 e. The number of nitrogens with two attached hydrogens (primary N) is 1. The van der Waals surface area contributed by atoms with Gasteiger partial charge in [0.05, 0.1) is 12.0 Å². The number of benzene rings is 2. The quantitative estimate of drug-likeness (QED) is 0.626. The van der Waals surface area contributed by atoms with E-state index in [4.69, 9.17) is 9.88 Å². The molecule has 0 saturated heterocycles. The van der Waals surface area contributed by atoms with Gasteiger partial charge in [-0.2, -0.15) is 0 Å². The van der Waals surface area contributed by atoms with E-state index in [0.717, 1.165) is 18.2 Å². The summed E-state index contributed by atoms with van der Waals surface area (Å²) in [6.45, 7) is 3.44. The van der Waals surface area contributed by atoms with Crippen LogP contribution in [0.25, 0.3) is 0 Å². The summed E-state index contributed by atoms with van der Waals surface area (Å²) < 4.78 is 41.6. The molecule has 1 atom stereocenters. The summed E-state index contributed by atoms with van der Waals surface area (Å²) in [4.78, 5) is 24.6. The van der Waals surface area contributed by atoms with Gasteiger partial charge in [0.1, 0.15) is 17.6 Å². The molecule has 0 saturated carbocycles. The normalized spacial score (nSPS) is 12.3. The van der Waals surface area contributed by atoms with Gasteiger partial charge < -0.3 is 15.4 Å². The Kier molecular flexibility index (Phi) is 6.93. The third-order valence-corrected chi connectivity index (χ3v) is 4.95. The van der Waals surface area contributed by atoms with E-state index >= 15 is 0 Å². The van der Waals surface area contributed by atoms with Gasteiger partial charge in [-0.1, -0.05) is 13.8 Å². The van der Waals surface area contributed by atoms with Gasteiger partial charge in [-0.25, -0.2) is 17.9 Å². The molecule has 1 unspecified atom stereocenters. The molecule has 2 rings (SSSR count). The van der Waals surface area contributed by atoms with Crippen molar-refractivity contribution in [1.82, 2.24) is 5.32 Å². The lowest BCUT2D eigenvalue weighted by molar-refractivity contribution is -0.118. The first-order valence-electron chi connectivity index (χ1n) is 8.60. The number of anilines is 1. The predicted octanol–water partition coefficient (Wildman–Crippen LogP) is 1.87. The predicted molar refractivity (Wildman–Crippen MR) is 105 cm³/mol. The second kappa shape index (κ2) is 9.01. The molecule has 0 aliphatic carbocycles. The third kappa shape index (κ3) is 6.00. The lowest BCUT2D eigenvalue weighted by atomic mass is 10.0. The Labute approximate surface area is 168 Å². The van der Waals surface area contributed by atoms with Crippen LogP contribution in [0.5, 0.6) is 5.75 Å². The Morgan fingerprint density at radius 1 is 1.10 bits per heavy atom. The molecule has 29 heavy (non-hydrogen) atoms. The monoisotopic (exact) mass is 423 g/mol. The lowest BCUT2D eigenvalue weighted by Crippen LogP contribution is -2.47. The van der Waals surface area contributed by atoms with Gasteiger partial charge in [-0.3, -0.25) is 9.59 Å². The van der Waals surface area contributed by atoms with Gasteiger partial charge in [0, 0.05) is 11.3 Å².